The third-order valence-electron chi connectivity index (χ3n) is 2.71. The number of rotatable bonds is 6. The first-order valence-corrected chi connectivity index (χ1v) is 5.98. The predicted molar refractivity (Wildman–Crippen MR) is 68.8 cm³/mol. The van der Waals surface area contributed by atoms with Crippen LogP contribution >= 0.6 is 11.6 Å². The van der Waals surface area contributed by atoms with Crippen LogP contribution in [0.25, 0.3) is 0 Å². The average molecular weight is 260 g/mol. The Bertz CT molecular complexity index is 408. The highest BCUT2D eigenvalue weighted by Crippen LogP contribution is 2.21. The third-order valence-corrected chi connectivity index (χ3v) is 3.05. The number of ether oxygens (including phenoxy) is 1. The lowest BCUT2D eigenvalue weighted by Crippen LogP contribution is -2.37. The van der Waals surface area contributed by atoms with Crippen LogP contribution < -0.4 is 10.5 Å². The zero-order valence-electron chi connectivity index (χ0n) is 10.4. The van der Waals surface area contributed by atoms with E-state index in [-0.39, 0.29) is 16.6 Å². The van der Waals surface area contributed by atoms with Gasteiger partial charge in [0.05, 0.1) is 12.9 Å². The molecule has 0 amide bonds. The van der Waals surface area contributed by atoms with Gasteiger partial charge in [0.2, 0.25) is 0 Å². The minimum atomic E-state index is -0.317. The van der Waals surface area contributed by atoms with Gasteiger partial charge in [-0.3, -0.25) is 4.79 Å². The molecule has 1 unspecified atom stereocenters. The van der Waals surface area contributed by atoms with Crippen LogP contribution in [0.3, 0.4) is 0 Å². The van der Waals surface area contributed by atoms with Crippen LogP contribution in [0.15, 0.2) is 11.1 Å². The van der Waals surface area contributed by atoms with E-state index in [1.54, 1.807) is 7.11 Å². The molecular formula is C11H18ClN3O2. The van der Waals surface area contributed by atoms with Crippen molar-refractivity contribution < 1.29 is 4.74 Å². The van der Waals surface area contributed by atoms with Gasteiger partial charge in [-0.1, -0.05) is 18.5 Å². The van der Waals surface area contributed by atoms with E-state index in [1.165, 1.54) is 6.33 Å². The number of aromatic amines is 1. The van der Waals surface area contributed by atoms with Crippen molar-refractivity contribution in [2.75, 3.05) is 25.2 Å². The van der Waals surface area contributed by atoms with Gasteiger partial charge in [0.1, 0.15) is 5.02 Å². The van der Waals surface area contributed by atoms with Crippen molar-refractivity contribution >= 4 is 17.4 Å². The molecule has 1 aromatic rings. The fourth-order valence-electron chi connectivity index (χ4n) is 1.52. The van der Waals surface area contributed by atoms with Gasteiger partial charge in [-0.05, 0) is 13.3 Å². The molecule has 0 spiro atoms. The van der Waals surface area contributed by atoms with Crippen LogP contribution in [0.2, 0.25) is 5.02 Å². The first-order valence-electron chi connectivity index (χ1n) is 5.60. The van der Waals surface area contributed by atoms with Gasteiger partial charge in [-0.15, -0.1) is 0 Å². The van der Waals surface area contributed by atoms with E-state index in [9.17, 15) is 4.79 Å². The van der Waals surface area contributed by atoms with Crippen LogP contribution in [0, 0.1) is 0 Å². The van der Waals surface area contributed by atoms with Gasteiger partial charge in [0.25, 0.3) is 5.56 Å². The van der Waals surface area contributed by atoms with Crippen molar-refractivity contribution in [1.82, 2.24) is 9.97 Å². The Morgan fingerprint density at radius 2 is 2.35 bits per heavy atom. The largest absolute Gasteiger partial charge is 0.383 e. The second kappa shape index (κ2) is 6.61. The second-order valence-electron chi connectivity index (χ2n) is 3.81. The summed E-state index contributed by atoms with van der Waals surface area (Å²) in [7, 11) is 1.64. The number of nitrogens with one attached hydrogen (secondary N) is 1. The summed E-state index contributed by atoms with van der Waals surface area (Å²) in [6.45, 7) is 5.36. The molecule has 17 heavy (non-hydrogen) atoms. The molecule has 0 aliphatic rings. The number of aromatic nitrogens is 2. The smallest absolute Gasteiger partial charge is 0.271 e. The molecule has 0 aliphatic heterocycles. The zero-order valence-corrected chi connectivity index (χ0v) is 11.1. The second-order valence-corrected chi connectivity index (χ2v) is 4.19. The van der Waals surface area contributed by atoms with E-state index in [0.717, 1.165) is 6.42 Å². The highest BCUT2D eigenvalue weighted by Gasteiger charge is 2.18. The van der Waals surface area contributed by atoms with Crippen LogP contribution in [0.4, 0.5) is 5.82 Å². The summed E-state index contributed by atoms with van der Waals surface area (Å²) < 4.78 is 5.06. The molecule has 1 rings (SSSR count). The maximum Gasteiger partial charge on any atom is 0.271 e. The monoisotopic (exact) mass is 259 g/mol. The zero-order chi connectivity index (χ0) is 12.8. The molecule has 0 bridgehead atoms. The molecule has 0 saturated carbocycles. The normalized spacial score (nSPS) is 12.5. The Kier molecular flexibility index (Phi) is 5.44. The van der Waals surface area contributed by atoms with Gasteiger partial charge < -0.3 is 14.6 Å². The highest BCUT2D eigenvalue weighted by atomic mass is 35.5. The number of nitrogens with zero attached hydrogens (tertiary/aromatic N) is 2. The molecule has 5 nitrogen and oxygen atoms in total. The Morgan fingerprint density at radius 1 is 1.65 bits per heavy atom. The van der Waals surface area contributed by atoms with E-state index < -0.39 is 0 Å². The molecule has 1 N–H and O–H groups in total. The minimum Gasteiger partial charge on any atom is -0.383 e. The molecule has 6 heteroatoms. The van der Waals surface area contributed by atoms with Gasteiger partial charge in [-0.2, -0.15) is 0 Å². The molecule has 0 aromatic carbocycles. The van der Waals surface area contributed by atoms with Crippen LogP contribution in [0.1, 0.15) is 20.3 Å². The van der Waals surface area contributed by atoms with E-state index in [1.807, 2.05) is 4.90 Å². The molecule has 1 atom stereocenters. The van der Waals surface area contributed by atoms with E-state index in [0.29, 0.717) is 19.0 Å². The fourth-order valence-corrected chi connectivity index (χ4v) is 1.73. The lowest BCUT2D eigenvalue weighted by atomic mass is 10.2. The Balaban J connectivity index is 3.03. The van der Waals surface area contributed by atoms with Gasteiger partial charge in [-0.25, -0.2) is 4.98 Å². The SMILES string of the molecule is CCC(C)N(CCOC)c1nc[nH]c(=O)c1Cl. The number of halogens is 1. The van der Waals surface area contributed by atoms with Crippen LogP contribution in [-0.4, -0.2) is 36.3 Å². The fraction of sp³-hybridized carbons (Fsp3) is 0.636. The summed E-state index contributed by atoms with van der Waals surface area (Å²) in [4.78, 5) is 20.0. The van der Waals surface area contributed by atoms with Crippen molar-refractivity contribution in [3.05, 3.63) is 21.7 Å². The average Bonchev–Trinajstić information content (AvgIpc) is 2.34. The molecule has 0 saturated heterocycles. The maximum absolute atomic E-state index is 11.4. The molecule has 1 heterocycles. The summed E-state index contributed by atoms with van der Waals surface area (Å²) in [6.07, 6.45) is 2.31. The summed E-state index contributed by atoms with van der Waals surface area (Å²) in [5, 5.41) is 0.129. The number of H-pyrrole nitrogens is 1. The molecule has 0 fully saturated rings. The van der Waals surface area contributed by atoms with Gasteiger partial charge >= 0.3 is 0 Å². The van der Waals surface area contributed by atoms with E-state index in [2.05, 4.69) is 23.8 Å². The number of methoxy groups -OCH3 is 1. The summed E-state index contributed by atoms with van der Waals surface area (Å²) in [6, 6.07) is 0.247. The lowest BCUT2D eigenvalue weighted by Gasteiger charge is -2.29. The Hall–Kier alpha value is -1.07. The number of anilines is 1. The molecule has 0 radical (unpaired) electrons. The molecule has 0 aliphatic carbocycles. The quantitative estimate of drug-likeness (QED) is 0.844. The van der Waals surface area contributed by atoms with Crippen molar-refractivity contribution in [2.24, 2.45) is 0 Å². The molecular weight excluding hydrogens is 242 g/mol. The first kappa shape index (κ1) is 14.0. The van der Waals surface area contributed by atoms with E-state index in [4.69, 9.17) is 16.3 Å². The Morgan fingerprint density at radius 3 is 2.94 bits per heavy atom. The predicted octanol–water partition coefficient (Wildman–Crippen LogP) is 1.67. The van der Waals surface area contributed by atoms with Crippen LogP contribution in [0.5, 0.6) is 0 Å². The van der Waals surface area contributed by atoms with Crippen molar-refractivity contribution in [2.45, 2.75) is 26.3 Å². The maximum atomic E-state index is 11.4. The van der Waals surface area contributed by atoms with Gasteiger partial charge in [0, 0.05) is 19.7 Å². The minimum absolute atomic E-state index is 0.129. The molecule has 96 valence electrons. The molecule has 1 aromatic heterocycles. The van der Waals surface area contributed by atoms with Crippen molar-refractivity contribution in [3.63, 3.8) is 0 Å². The summed E-state index contributed by atoms with van der Waals surface area (Å²) in [5.41, 5.74) is -0.317. The van der Waals surface area contributed by atoms with Crippen molar-refractivity contribution in [1.29, 1.82) is 0 Å². The summed E-state index contributed by atoms with van der Waals surface area (Å²) >= 11 is 5.98. The van der Waals surface area contributed by atoms with E-state index >= 15 is 0 Å². The van der Waals surface area contributed by atoms with Gasteiger partial charge in [0.15, 0.2) is 5.82 Å². The lowest BCUT2D eigenvalue weighted by molar-refractivity contribution is 0.203. The number of hydrogen-bond donors (Lipinski definition) is 1. The first-order chi connectivity index (χ1) is 8.11. The standard InChI is InChI=1S/C11H18ClN3O2/c1-4-8(2)15(5-6-17-3)10-9(12)11(16)14-7-13-10/h7-8H,4-6H2,1-3H3,(H,13,14,16). The highest BCUT2D eigenvalue weighted by molar-refractivity contribution is 6.32. The van der Waals surface area contributed by atoms with Crippen LogP contribution in [-0.2, 0) is 4.74 Å². The Labute approximate surface area is 106 Å². The topological polar surface area (TPSA) is 58.2 Å². The van der Waals surface area contributed by atoms with Crippen molar-refractivity contribution in [3.8, 4) is 0 Å². The third kappa shape index (κ3) is 3.44. The summed E-state index contributed by atoms with van der Waals surface area (Å²) in [5.74, 6) is 0.516. The number of hydrogen-bond acceptors (Lipinski definition) is 4.